The maximum Gasteiger partial charge on any atom is 0.0456 e. The Bertz CT molecular complexity index is 403. The van der Waals surface area contributed by atoms with Crippen molar-refractivity contribution in [1.29, 1.82) is 0 Å². The van der Waals surface area contributed by atoms with Crippen LogP contribution in [0.2, 0.25) is 0 Å². The van der Waals surface area contributed by atoms with Crippen LogP contribution in [0.1, 0.15) is 19.5 Å². The van der Waals surface area contributed by atoms with Crippen LogP contribution >= 0.6 is 0 Å². The highest BCUT2D eigenvalue weighted by Crippen LogP contribution is 2.18. The van der Waals surface area contributed by atoms with Gasteiger partial charge < -0.3 is 4.98 Å². The van der Waals surface area contributed by atoms with E-state index in [1.165, 1.54) is 22.0 Å². The van der Waals surface area contributed by atoms with Crippen LogP contribution in [0.5, 0.6) is 0 Å². The molecule has 1 heterocycles. The van der Waals surface area contributed by atoms with Gasteiger partial charge in [0.1, 0.15) is 0 Å². The van der Waals surface area contributed by atoms with Crippen LogP contribution in [-0.2, 0) is 6.42 Å². The lowest BCUT2D eigenvalue weighted by Crippen LogP contribution is -1.85. The van der Waals surface area contributed by atoms with E-state index in [0.29, 0.717) is 0 Å². The number of rotatable bonds is 1. The van der Waals surface area contributed by atoms with Crippen molar-refractivity contribution in [3.63, 3.8) is 0 Å². The molecule has 0 aliphatic carbocycles. The van der Waals surface area contributed by atoms with Crippen LogP contribution in [0.4, 0.5) is 0 Å². The fraction of sp³-hybridized carbons (Fsp3) is 0.273. The number of aromatic nitrogens is 1. The molecule has 0 spiro atoms. The first-order valence-corrected chi connectivity index (χ1v) is 4.38. The van der Waals surface area contributed by atoms with Gasteiger partial charge in [-0.25, -0.2) is 0 Å². The lowest BCUT2D eigenvalue weighted by Gasteiger charge is -2.02. The number of hydrogen-bond acceptors (Lipinski definition) is 0. The van der Waals surface area contributed by atoms with E-state index >= 15 is 0 Å². The summed E-state index contributed by atoms with van der Waals surface area (Å²) in [6, 6.07) is 6.60. The fourth-order valence-electron chi connectivity index (χ4n) is 1.64. The van der Waals surface area contributed by atoms with E-state index in [0.717, 1.165) is 6.42 Å². The van der Waals surface area contributed by atoms with Crippen LogP contribution in [0, 0.1) is 6.92 Å². The van der Waals surface area contributed by atoms with Crippen LogP contribution in [-0.4, -0.2) is 4.98 Å². The van der Waals surface area contributed by atoms with E-state index in [1.54, 1.807) is 0 Å². The Morgan fingerprint density at radius 3 is 3.00 bits per heavy atom. The summed E-state index contributed by atoms with van der Waals surface area (Å²) in [6.45, 7) is 4.36. The minimum atomic E-state index is 0. The predicted molar refractivity (Wildman–Crippen MR) is 54.5 cm³/mol. The highest BCUT2D eigenvalue weighted by molar-refractivity contribution is 5.80. The van der Waals surface area contributed by atoms with Gasteiger partial charge in [0.25, 0.3) is 0 Å². The lowest BCUT2D eigenvalue weighted by atomic mass is 10.0. The molecule has 0 fully saturated rings. The number of benzene rings is 1. The van der Waals surface area contributed by atoms with Gasteiger partial charge >= 0.3 is 0 Å². The van der Waals surface area contributed by atoms with Gasteiger partial charge in [-0.2, -0.15) is 0 Å². The molecule has 0 aliphatic rings. The van der Waals surface area contributed by atoms with E-state index in [9.17, 15) is 0 Å². The standard InChI is InChI=1S/C11H13N.H2/c1-3-9-7-10-4-5-12-11(10)6-8(9)2;/h4-7,12H,3H2,1-2H3;1H. The first-order valence-electron chi connectivity index (χ1n) is 4.38. The molecule has 64 valence electrons. The Morgan fingerprint density at radius 1 is 1.42 bits per heavy atom. The largest absolute Gasteiger partial charge is 0.361 e. The van der Waals surface area contributed by atoms with Gasteiger partial charge in [0, 0.05) is 13.1 Å². The van der Waals surface area contributed by atoms with Crippen LogP contribution in [0.15, 0.2) is 24.4 Å². The Hall–Kier alpha value is -1.24. The number of fused-ring (bicyclic) bond motifs is 1. The summed E-state index contributed by atoms with van der Waals surface area (Å²) >= 11 is 0. The van der Waals surface area contributed by atoms with Gasteiger partial charge in [0.2, 0.25) is 0 Å². The average Bonchev–Trinajstić information content (AvgIpc) is 2.49. The first kappa shape index (κ1) is 7.41. The second-order valence-corrected chi connectivity index (χ2v) is 3.20. The van der Waals surface area contributed by atoms with Gasteiger partial charge in [0.15, 0.2) is 0 Å². The third kappa shape index (κ3) is 1.02. The van der Waals surface area contributed by atoms with E-state index in [2.05, 4.69) is 37.0 Å². The molecule has 1 heteroatoms. The van der Waals surface area contributed by atoms with E-state index < -0.39 is 0 Å². The normalized spacial score (nSPS) is 10.8. The molecule has 2 aromatic rings. The average molecular weight is 161 g/mol. The first-order chi connectivity index (χ1) is 5.81. The zero-order valence-corrected chi connectivity index (χ0v) is 7.52. The van der Waals surface area contributed by atoms with Crippen molar-refractivity contribution in [3.05, 3.63) is 35.5 Å². The maximum atomic E-state index is 3.21. The zero-order valence-electron chi connectivity index (χ0n) is 7.52. The third-order valence-electron chi connectivity index (χ3n) is 2.39. The van der Waals surface area contributed by atoms with Crippen LogP contribution in [0.25, 0.3) is 10.9 Å². The molecule has 0 unspecified atom stereocenters. The molecule has 0 bridgehead atoms. The summed E-state index contributed by atoms with van der Waals surface area (Å²) in [5.41, 5.74) is 4.07. The molecular weight excluding hydrogens is 146 g/mol. The molecule has 1 aromatic carbocycles. The fourth-order valence-corrected chi connectivity index (χ4v) is 1.64. The van der Waals surface area contributed by atoms with Gasteiger partial charge in [0.05, 0.1) is 0 Å². The van der Waals surface area contributed by atoms with Crippen LogP contribution in [0.3, 0.4) is 0 Å². The number of aryl methyl sites for hydroxylation is 2. The van der Waals surface area contributed by atoms with E-state index in [1.807, 2.05) is 6.20 Å². The Balaban J connectivity index is 0.000000845. The highest BCUT2D eigenvalue weighted by atomic mass is 14.7. The van der Waals surface area contributed by atoms with Crippen LogP contribution < -0.4 is 0 Å². The molecule has 1 aromatic heterocycles. The maximum absolute atomic E-state index is 3.21. The van der Waals surface area contributed by atoms with Gasteiger partial charge in [-0.05, 0) is 48.1 Å². The second kappa shape index (κ2) is 2.67. The van der Waals surface area contributed by atoms with Crippen molar-refractivity contribution in [2.75, 3.05) is 0 Å². The number of aromatic amines is 1. The summed E-state index contributed by atoms with van der Waals surface area (Å²) in [5.74, 6) is 0. The van der Waals surface area contributed by atoms with Crippen molar-refractivity contribution < 1.29 is 1.43 Å². The molecule has 0 amide bonds. The van der Waals surface area contributed by atoms with Crippen molar-refractivity contribution in [1.82, 2.24) is 4.98 Å². The van der Waals surface area contributed by atoms with Gasteiger partial charge in [-0.15, -0.1) is 0 Å². The lowest BCUT2D eigenvalue weighted by molar-refractivity contribution is 1.12. The molecule has 1 N–H and O–H groups in total. The summed E-state index contributed by atoms with van der Waals surface area (Å²) in [5, 5.41) is 1.32. The van der Waals surface area contributed by atoms with Crippen molar-refractivity contribution in [2.24, 2.45) is 0 Å². The number of hydrogen-bond donors (Lipinski definition) is 1. The van der Waals surface area contributed by atoms with Gasteiger partial charge in [-0.3, -0.25) is 0 Å². The molecule has 12 heavy (non-hydrogen) atoms. The van der Waals surface area contributed by atoms with Crippen molar-refractivity contribution in [3.8, 4) is 0 Å². The smallest absolute Gasteiger partial charge is 0.0456 e. The zero-order chi connectivity index (χ0) is 8.55. The molecule has 0 saturated heterocycles. The second-order valence-electron chi connectivity index (χ2n) is 3.20. The molecule has 0 radical (unpaired) electrons. The monoisotopic (exact) mass is 161 g/mol. The molecule has 2 rings (SSSR count). The summed E-state index contributed by atoms with van der Waals surface area (Å²) < 4.78 is 0. The topological polar surface area (TPSA) is 15.8 Å². The minimum Gasteiger partial charge on any atom is -0.361 e. The molecule has 0 saturated carbocycles. The van der Waals surface area contributed by atoms with E-state index in [4.69, 9.17) is 0 Å². The predicted octanol–water partition coefficient (Wildman–Crippen LogP) is 3.28. The SMILES string of the molecule is CCc1cc2cc[nH]c2cc1C.[HH]. The Morgan fingerprint density at radius 2 is 2.25 bits per heavy atom. The molecular formula is C11H15N. The number of H-pyrrole nitrogens is 1. The van der Waals surface area contributed by atoms with Gasteiger partial charge in [-0.1, -0.05) is 6.92 Å². The molecule has 0 atom stereocenters. The third-order valence-corrected chi connectivity index (χ3v) is 2.39. The summed E-state index contributed by atoms with van der Waals surface area (Å²) in [6.07, 6.45) is 3.11. The number of nitrogens with one attached hydrogen (secondary N) is 1. The summed E-state index contributed by atoms with van der Waals surface area (Å²) in [4.78, 5) is 3.21. The highest BCUT2D eigenvalue weighted by Gasteiger charge is 1.99. The molecule has 1 nitrogen and oxygen atoms in total. The quantitative estimate of drug-likeness (QED) is 0.660. The Kier molecular flexibility index (Phi) is 1.65. The Labute approximate surface area is 73.9 Å². The molecule has 0 aliphatic heterocycles. The minimum absolute atomic E-state index is 0. The van der Waals surface area contributed by atoms with E-state index in [-0.39, 0.29) is 1.43 Å². The van der Waals surface area contributed by atoms with Crippen molar-refractivity contribution >= 4 is 10.9 Å². The summed E-state index contributed by atoms with van der Waals surface area (Å²) in [7, 11) is 0. The van der Waals surface area contributed by atoms with Crippen molar-refractivity contribution in [2.45, 2.75) is 20.3 Å².